The maximum absolute atomic E-state index is 13.7. The Bertz CT molecular complexity index is 2400. The molecule has 0 spiro atoms. The highest BCUT2D eigenvalue weighted by molar-refractivity contribution is 7.86. The first-order valence-electron chi connectivity index (χ1n) is 15.9. The van der Waals surface area contributed by atoms with Gasteiger partial charge in [0.15, 0.2) is 5.75 Å². The monoisotopic (exact) mass is 772 g/mol. The number of carbonyl (C=O) groups is 3. The number of aryl methyl sites for hydroxylation is 4. The van der Waals surface area contributed by atoms with Gasteiger partial charge in [-0.25, -0.2) is 9.79 Å². The zero-order valence-electron chi connectivity index (χ0n) is 30.7. The van der Waals surface area contributed by atoms with E-state index in [4.69, 9.17) is 14.5 Å². The Morgan fingerprint density at radius 1 is 0.774 bits per heavy atom. The number of hydrogen-bond donors (Lipinski definition) is 5. The number of carbonyl (C=O) groups excluding carboxylic acids is 3. The zero-order valence-corrected chi connectivity index (χ0v) is 32.3. The van der Waals surface area contributed by atoms with Gasteiger partial charge in [0.2, 0.25) is 11.8 Å². The maximum Gasteiger partial charge on any atom is 0.347 e. The highest BCUT2D eigenvalue weighted by Gasteiger charge is 2.29. The predicted molar refractivity (Wildman–Crippen MR) is 194 cm³/mol. The van der Waals surface area contributed by atoms with Crippen molar-refractivity contribution in [3.63, 3.8) is 0 Å². The van der Waals surface area contributed by atoms with Crippen LogP contribution < -0.4 is 20.3 Å². The number of nitrogens with zero attached hydrogens (tertiary/aromatic N) is 1. The molecule has 1 aliphatic rings. The summed E-state index contributed by atoms with van der Waals surface area (Å²) < 4.78 is 73.5. The minimum absolute atomic E-state index is 0.0139. The quantitative estimate of drug-likeness (QED) is 0.0598. The number of benzene rings is 2. The van der Waals surface area contributed by atoms with Crippen molar-refractivity contribution in [1.82, 2.24) is 10.3 Å². The lowest BCUT2D eigenvalue weighted by Crippen LogP contribution is -2.30. The number of aromatic nitrogens is 1. The van der Waals surface area contributed by atoms with Gasteiger partial charge in [-0.1, -0.05) is 12.1 Å². The number of esters is 1. The van der Waals surface area contributed by atoms with Crippen LogP contribution in [0.25, 0.3) is 6.08 Å². The Hall–Kier alpha value is -5.14. The molecule has 4 rings (SSSR count). The van der Waals surface area contributed by atoms with E-state index in [2.05, 4.69) is 20.6 Å². The first-order chi connectivity index (χ1) is 24.4. The number of nitrogens with one attached hydrogen (secondary N) is 3. The Balaban J connectivity index is 1.73. The Morgan fingerprint density at radius 2 is 1.28 bits per heavy atom. The molecule has 0 saturated carbocycles. The molecule has 0 fully saturated rings. The lowest BCUT2D eigenvalue weighted by Gasteiger charge is -2.16. The SMILES string of the molecule is CC(=O)NC1=NC(=Cc2[nH]c(NC(C)=O)c(C(=O)Oc3c(C)cc(C)c(S(=O)(=O)O)c3C)c2C)C(C)=C1COOc1c(C)cc(C)c(S(=O)(=O)O)c1C. The summed E-state index contributed by atoms with van der Waals surface area (Å²) in [6.45, 7) is 14.7. The van der Waals surface area contributed by atoms with E-state index in [1.807, 2.05) is 0 Å². The fourth-order valence-electron chi connectivity index (χ4n) is 6.28. The van der Waals surface area contributed by atoms with Gasteiger partial charge in [-0.15, -0.1) is 0 Å². The van der Waals surface area contributed by atoms with Crippen LogP contribution in [0.4, 0.5) is 5.82 Å². The molecule has 3 aromatic rings. The number of aliphatic imine (C=N–C) groups is 1. The summed E-state index contributed by atoms with van der Waals surface area (Å²) in [7, 11) is -9.22. The molecular weight excluding hydrogens is 733 g/mol. The van der Waals surface area contributed by atoms with E-state index in [0.29, 0.717) is 44.8 Å². The van der Waals surface area contributed by atoms with Crippen molar-refractivity contribution >= 4 is 55.7 Å². The normalized spacial score (nSPS) is 14.0. The third kappa shape index (κ3) is 8.58. The highest BCUT2D eigenvalue weighted by Crippen LogP contribution is 2.36. The number of amidine groups is 1. The number of H-pyrrole nitrogens is 1. The number of allylic oxidation sites excluding steroid dienone is 1. The van der Waals surface area contributed by atoms with Gasteiger partial charge in [0.25, 0.3) is 20.2 Å². The second kappa shape index (κ2) is 15.1. The number of rotatable bonds is 10. The summed E-state index contributed by atoms with van der Waals surface area (Å²) in [5, 5.41) is 5.21. The molecule has 0 bridgehead atoms. The summed E-state index contributed by atoms with van der Waals surface area (Å²) in [6, 6.07) is 2.98. The van der Waals surface area contributed by atoms with Gasteiger partial charge in [0.1, 0.15) is 39.4 Å². The van der Waals surface area contributed by atoms with Crippen molar-refractivity contribution in [2.24, 2.45) is 4.99 Å². The molecule has 0 unspecified atom stereocenters. The van der Waals surface area contributed by atoms with Crippen molar-refractivity contribution < 1.29 is 54.8 Å². The first-order valence-corrected chi connectivity index (χ1v) is 18.8. The second-order valence-corrected chi connectivity index (χ2v) is 15.4. The van der Waals surface area contributed by atoms with Crippen LogP contribution in [-0.4, -0.2) is 61.2 Å². The van der Waals surface area contributed by atoms with Crippen LogP contribution in [0.1, 0.15) is 75.8 Å². The lowest BCUT2D eigenvalue weighted by atomic mass is 10.1. The molecule has 1 aromatic heterocycles. The van der Waals surface area contributed by atoms with E-state index >= 15 is 0 Å². The summed E-state index contributed by atoms with van der Waals surface area (Å²) >= 11 is 0. The van der Waals surface area contributed by atoms with Crippen LogP contribution in [0.15, 0.2) is 43.8 Å². The van der Waals surface area contributed by atoms with E-state index in [1.54, 1.807) is 33.8 Å². The van der Waals surface area contributed by atoms with Gasteiger partial charge in [-0.3, -0.25) is 18.7 Å². The van der Waals surface area contributed by atoms with Gasteiger partial charge in [-0.05, 0) is 94.9 Å². The topological polar surface area (TPSA) is 240 Å². The summed E-state index contributed by atoms with van der Waals surface area (Å²) in [5.41, 5.74) is 3.52. The fourth-order valence-corrected chi connectivity index (χ4v) is 8.17. The van der Waals surface area contributed by atoms with Crippen molar-refractivity contribution in [2.75, 3.05) is 11.9 Å². The van der Waals surface area contributed by atoms with E-state index < -0.39 is 42.9 Å². The van der Waals surface area contributed by atoms with E-state index in [0.717, 1.165) is 0 Å². The van der Waals surface area contributed by atoms with Crippen molar-refractivity contribution in [3.8, 4) is 11.5 Å². The van der Waals surface area contributed by atoms with Crippen LogP contribution >= 0.6 is 0 Å². The van der Waals surface area contributed by atoms with Crippen LogP contribution in [0.2, 0.25) is 0 Å². The summed E-state index contributed by atoms with van der Waals surface area (Å²) in [6.07, 6.45) is 1.56. The number of hydrogen-bond acceptors (Lipinski definition) is 11. The number of ether oxygens (including phenoxy) is 1. The van der Waals surface area contributed by atoms with Crippen LogP contribution in [0.5, 0.6) is 11.5 Å². The van der Waals surface area contributed by atoms with Crippen molar-refractivity contribution in [1.29, 1.82) is 0 Å². The predicted octanol–water partition coefficient (Wildman–Crippen LogP) is 5.06. The van der Waals surface area contributed by atoms with Crippen molar-refractivity contribution in [3.05, 3.63) is 79.2 Å². The molecule has 53 heavy (non-hydrogen) atoms. The molecule has 0 atom stereocenters. The van der Waals surface area contributed by atoms with Crippen LogP contribution in [-0.2, 0) is 34.7 Å². The average molecular weight is 773 g/mol. The Kier molecular flexibility index (Phi) is 11.6. The maximum atomic E-state index is 13.7. The van der Waals surface area contributed by atoms with Crippen LogP contribution in [0, 0.1) is 48.5 Å². The summed E-state index contributed by atoms with van der Waals surface area (Å²) in [4.78, 5) is 55.9. The van der Waals surface area contributed by atoms with Gasteiger partial charge in [-0.2, -0.15) is 21.7 Å². The molecule has 0 aliphatic carbocycles. The molecule has 0 saturated heterocycles. The summed E-state index contributed by atoms with van der Waals surface area (Å²) in [5.74, 6) is -1.78. The number of aromatic amines is 1. The highest BCUT2D eigenvalue weighted by atomic mass is 32.2. The fraction of sp³-hybridized carbons (Fsp3) is 0.314. The zero-order chi connectivity index (χ0) is 39.9. The largest absolute Gasteiger partial charge is 0.422 e. The van der Waals surface area contributed by atoms with Gasteiger partial charge in [0, 0.05) is 36.2 Å². The van der Waals surface area contributed by atoms with Gasteiger partial charge < -0.3 is 25.2 Å². The molecular formula is C35H40N4O12S2. The van der Waals surface area contributed by atoms with E-state index in [1.165, 1.54) is 53.7 Å². The minimum Gasteiger partial charge on any atom is -0.422 e. The molecule has 2 heterocycles. The average Bonchev–Trinajstić information content (AvgIpc) is 3.44. The van der Waals surface area contributed by atoms with Crippen LogP contribution in [0.3, 0.4) is 0 Å². The van der Waals surface area contributed by atoms with E-state index in [-0.39, 0.29) is 56.9 Å². The molecule has 5 N–H and O–H groups in total. The minimum atomic E-state index is -4.65. The molecule has 2 aromatic carbocycles. The van der Waals surface area contributed by atoms with E-state index in [9.17, 15) is 40.3 Å². The lowest BCUT2D eigenvalue weighted by molar-refractivity contribution is -0.198. The third-order valence-corrected chi connectivity index (χ3v) is 10.7. The second-order valence-electron chi connectivity index (χ2n) is 12.6. The molecule has 16 nitrogen and oxygen atoms in total. The molecule has 0 radical (unpaired) electrons. The van der Waals surface area contributed by atoms with Crippen molar-refractivity contribution in [2.45, 2.75) is 79.0 Å². The smallest absolute Gasteiger partial charge is 0.347 e. The number of amides is 2. The van der Waals surface area contributed by atoms with Gasteiger partial charge in [0.05, 0.1) is 5.70 Å². The molecule has 1 aliphatic heterocycles. The third-order valence-electron chi connectivity index (χ3n) is 8.44. The molecule has 2 amide bonds. The van der Waals surface area contributed by atoms with Gasteiger partial charge >= 0.3 is 5.97 Å². The standard InChI is InChI=1S/C35H40N4O12S2/c1-15-11-17(3)31(52(43,44)45)21(7)29(15)50-35(42)28-20(6)27(39-34(28)37-24(10)41)13-26-19(5)25(33(38-26)36-23(9)40)14-49-51-30-16(2)12-18(4)32(22(30)8)53(46,47)48/h11-13,39H,14H2,1-10H3,(H,37,41)(H,36,38,40)(H,43,44,45)(H,46,47,48). The Morgan fingerprint density at radius 3 is 1.79 bits per heavy atom. The molecule has 284 valence electrons. The first kappa shape index (κ1) is 40.6. The molecule has 18 heteroatoms. The number of anilines is 1. The Labute approximate surface area is 306 Å².